The van der Waals surface area contributed by atoms with Crippen molar-refractivity contribution < 1.29 is 4.79 Å². The Morgan fingerprint density at radius 3 is 2.12 bits per heavy atom. The van der Waals surface area contributed by atoms with Crippen LogP contribution in [0.15, 0.2) is 48.5 Å². The van der Waals surface area contributed by atoms with Crippen molar-refractivity contribution in [2.45, 2.75) is 19.9 Å². The summed E-state index contributed by atoms with van der Waals surface area (Å²) in [5.74, 6) is 0.201. The van der Waals surface area contributed by atoms with Crippen molar-refractivity contribution in [3.63, 3.8) is 0 Å². The predicted molar refractivity (Wildman–Crippen MR) is 98.2 cm³/mol. The molecule has 0 unspecified atom stereocenters. The van der Waals surface area contributed by atoms with E-state index in [1.807, 2.05) is 29.2 Å². The molecule has 0 bridgehead atoms. The van der Waals surface area contributed by atoms with E-state index >= 15 is 0 Å². The van der Waals surface area contributed by atoms with Crippen molar-refractivity contribution in [3.8, 4) is 0 Å². The smallest absolute Gasteiger partial charge is 0.227 e. The lowest BCUT2D eigenvalue weighted by Crippen LogP contribution is -2.48. The van der Waals surface area contributed by atoms with Crippen molar-refractivity contribution in [3.05, 3.63) is 70.2 Å². The first-order valence-corrected chi connectivity index (χ1v) is 8.78. The fourth-order valence-electron chi connectivity index (χ4n) is 3.00. The first-order chi connectivity index (χ1) is 11.6. The highest BCUT2D eigenvalue weighted by Crippen LogP contribution is 2.13. The second kappa shape index (κ2) is 7.82. The van der Waals surface area contributed by atoms with E-state index in [2.05, 4.69) is 36.1 Å². The Bertz CT molecular complexity index is 674. The van der Waals surface area contributed by atoms with E-state index in [-0.39, 0.29) is 5.91 Å². The number of piperazine rings is 1. The molecule has 0 aliphatic carbocycles. The van der Waals surface area contributed by atoms with Crippen LogP contribution in [-0.2, 0) is 17.8 Å². The number of rotatable bonds is 4. The molecule has 0 N–H and O–H groups in total. The molecule has 1 aliphatic rings. The molecule has 0 spiro atoms. The van der Waals surface area contributed by atoms with Gasteiger partial charge < -0.3 is 4.90 Å². The Balaban J connectivity index is 1.48. The number of amides is 1. The number of carbonyl (C=O) groups excluding carboxylic acids is 1. The zero-order valence-electron chi connectivity index (χ0n) is 14.0. The van der Waals surface area contributed by atoms with Gasteiger partial charge in [-0.25, -0.2) is 0 Å². The van der Waals surface area contributed by atoms with E-state index in [1.54, 1.807) is 0 Å². The molecule has 1 aliphatic heterocycles. The Hall–Kier alpha value is -1.84. The van der Waals surface area contributed by atoms with Gasteiger partial charge >= 0.3 is 0 Å². The van der Waals surface area contributed by atoms with Gasteiger partial charge in [0.15, 0.2) is 0 Å². The SMILES string of the molecule is Cc1ccc(CN2CCN(C(=O)Cc3ccc(Cl)cc3)CC2)cc1. The number of hydrogen-bond donors (Lipinski definition) is 0. The van der Waals surface area contributed by atoms with Crippen LogP contribution in [0.3, 0.4) is 0 Å². The fourth-order valence-corrected chi connectivity index (χ4v) is 3.12. The molecule has 0 atom stereocenters. The maximum Gasteiger partial charge on any atom is 0.227 e. The number of carbonyl (C=O) groups is 1. The summed E-state index contributed by atoms with van der Waals surface area (Å²) in [6.07, 6.45) is 0.454. The number of hydrogen-bond acceptors (Lipinski definition) is 2. The van der Waals surface area contributed by atoms with Crippen LogP contribution >= 0.6 is 11.6 Å². The fraction of sp³-hybridized carbons (Fsp3) is 0.350. The summed E-state index contributed by atoms with van der Waals surface area (Å²) < 4.78 is 0. The average Bonchev–Trinajstić information content (AvgIpc) is 2.59. The molecule has 2 aromatic rings. The normalized spacial score (nSPS) is 15.5. The maximum absolute atomic E-state index is 12.4. The average molecular weight is 343 g/mol. The van der Waals surface area contributed by atoms with Crippen molar-refractivity contribution in [2.75, 3.05) is 26.2 Å². The number of benzene rings is 2. The first kappa shape index (κ1) is 17.0. The Labute approximate surface area is 148 Å². The second-order valence-corrected chi connectivity index (χ2v) is 6.88. The van der Waals surface area contributed by atoms with Crippen LogP contribution in [0.1, 0.15) is 16.7 Å². The van der Waals surface area contributed by atoms with E-state index < -0.39 is 0 Å². The van der Waals surface area contributed by atoms with E-state index in [1.165, 1.54) is 11.1 Å². The van der Waals surface area contributed by atoms with Gasteiger partial charge in [-0.1, -0.05) is 53.6 Å². The molecular formula is C20H23ClN2O. The van der Waals surface area contributed by atoms with E-state index in [0.29, 0.717) is 11.4 Å². The van der Waals surface area contributed by atoms with E-state index in [4.69, 9.17) is 11.6 Å². The van der Waals surface area contributed by atoms with Gasteiger partial charge in [-0.15, -0.1) is 0 Å². The molecule has 1 fully saturated rings. The molecule has 0 radical (unpaired) electrons. The van der Waals surface area contributed by atoms with Gasteiger partial charge in [-0.2, -0.15) is 0 Å². The summed E-state index contributed by atoms with van der Waals surface area (Å²) in [5, 5.41) is 0.705. The van der Waals surface area contributed by atoms with E-state index in [9.17, 15) is 4.79 Å². The maximum atomic E-state index is 12.4. The highest BCUT2D eigenvalue weighted by Gasteiger charge is 2.21. The van der Waals surface area contributed by atoms with Crippen molar-refractivity contribution in [1.82, 2.24) is 9.80 Å². The third kappa shape index (κ3) is 4.59. The third-order valence-electron chi connectivity index (χ3n) is 4.52. The first-order valence-electron chi connectivity index (χ1n) is 8.40. The minimum atomic E-state index is 0.201. The highest BCUT2D eigenvalue weighted by molar-refractivity contribution is 6.30. The van der Waals surface area contributed by atoms with Crippen LogP contribution in [0.2, 0.25) is 5.02 Å². The third-order valence-corrected chi connectivity index (χ3v) is 4.77. The van der Waals surface area contributed by atoms with Crippen LogP contribution in [0.5, 0.6) is 0 Å². The monoisotopic (exact) mass is 342 g/mol. The van der Waals surface area contributed by atoms with Gasteiger partial charge in [-0.05, 0) is 30.2 Å². The summed E-state index contributed by atoms with van der Waals surface area (Å²) >= 11 is 5.89. The molecule has 0 saturated carbocycles. The van der Waals surface area contributed by atoms with Gasteiger partial charge in [0.05, 0.1) is 6.42 Å². The summed E-state index contributed by atoms with van der Waals surface area (Å²) in [7, 11) is 0. The quantitative estimate of drug-likeness (QED) is 0.848. The lowest BCUT2D eigenvalue weighted by Gasteiger charge is -2.35. The molecule has 24 heavy (non-hydrogen) atoms. The number of nitrogens with zero attached hydrogens (tertiary/aromatic N) is 2. The van der Waals surface area contributed by atoms with Crippen LogP contribution in [0.25, 0.3) is 0 Å². The summed E-state index contributed by atoms with van der Waals surface area (Å²) in [6, 6.07) is 16.2. The highest BCUT2D eigenvalue weighted by atomic mass is 35.5. The molecule has 1 amide bonds. The molecule has 2 aromatic carbocycles. The minimum Gasteiger partial charge on any atom is -0.340 e. The van der Waals surface area contributed by atoms with Crippen LogP contribution in [0.4, 0.5) is 0 Å². The molecular weight excluding hydrogens is 320 g/mol. The van der Waals surface area contributed by atoms with Gasteiger partial charge in [0.1, 0.15) is 0 Å². The van der Waals surface area contributed by atoms with Gasteiger partial charge in [0.25, 0.3) is 0 Å². The molecule has 3 rings (SSSR count). The second-order valence-electron chi connectivity index (χ2n) is 6.45. The van der Waals surface area contributed by atoms with Crippen molar-refractivity contribution >= 4 is 17.5 Å². The van der Waals surface area contributed by atoms with Crippen molar-refractivity contribution in [1.29, 1.82) is 0 Å². The zero-order chi connectivity index (χ0) is 16.9. The minimum absolute atomic E-state index is 0.201. The zero-order valence-corrected chi connectivity index (χ0v) is 14.8. The van der Waals surface area contributed by atoms with Gasteiger partial charge in [0, 0.05) is 37.7 Å². The van der Waals surface area contributed by atoms with Gasteiger partial charge in [0.2, 0.25) is 5.91 Å². The van der Waals surface area contributed by atoms with Gasteiger partial charge in [-0.3, -0.25) is 9.69 Å². The van der Waals surface area contributed by atoms with Crippen LogP contribution < -0.4 is 0 Å². The molecule has 0 aromatic heterocycles. The number of aryl methyl sites for hydroxylation is 1. The number of halogens is 1. The summed E-state index contributed by atoms with van der Waals surface area (Å²) in [5.41, 5.74) is 3.64. The molecule has 126 valence electrons. The van der Waals surface area contributed by atoms with Crippen LogP contribution in [0, 0.1) is 6.92 Å². The molecule has 1 heterocycles. The topological polar surface area (TPSA) is 23.6 Å². The lowest BCUT2D eigenvalue weighted by atomic mass is 10.1. The van der Waals surface area contributed by atoms with Crippen molar-refractivity contribution in [2.24, 2.45) is 0 Å². The standard InChI is InChI=1S/C20H23ClN2O/c1-16-2-4-18(5-3-16)15-22-10-12-23(13-11-22)20(24)14-17-6-8-19(21)9-7-17/h2-9H,10-15H2,1H3. The Kier molecular flexibility index (Phi) is 5.54. The Morgan fingerprint density at radius 2 is 1.50 bits per heavy atom. The van der Waals surface area contributed by atoms with E-state index in [0.717, 1.165) is 38.3 Å². The molecule has 1 saturated heterocycles. The molecule has 4 heteroatoms. The Morgan fingerprint density at radius 1 is 0.917 bits per heavy atom. The molecule has 3 nitrogen and oxygen atoms in total. The summed E-state index contributed by atoms with van der Waals surface area (Å²) in [4.78, 5) is 16.8. The van der Waals surface area contributed by atoms with Crippen LogP contribution in [-0.4, -0.2) is 41.9 Å². The predicted octanol–water partition coefficient (Wildman–Crippen LogP) is 3.54. The summed E-state index contributed by atoms with van der Waals surface area (Å²) in [6.45, 7) is 6.53. The largest absolute Gasteiger partial charge is 0.340 e. The lowest BCUT2D eigenvalue weighted by molar-refractivity contribution is -0.132.